The minimum Gasteiger partial charge on any atom is -0.508 e. The van der Waals surface area contributed by atoms with E-state index in [0.717, 1.165) is 44.3 Å². The van der Waals surface area contributed by atoms with Gasteiger partial charge in [0.15, 0.2) is 0 Å². The predicted molar refractivity (Wildman–Crippen MR) is 132 cm³/mol. The minimum absolute atomic E-state index is 0.248. The van der Waals surface area contributed by atoms with Crippen molar-refractivity contribution < 1.29 is 19.4 Å². The Hall–Kier alpha value is -1.91. The molecule has 1 aromatic rings. The summed E-state index contributed by atoms with van der Waals surface area (Å²) in [7, 11) is 0. The van der Waals surface area contributed by atoms with Crippen molar-refractivity contribution in [1.82, 2.24) is 5.32 Å². The SMILES string of the molecule is CCCCCCCCCCCCCCOC(=O)NCCCCCCOc1ccc(O)cc1. The van der Waals surface area contributed by atoms with Gasteiger partial charge in [0, 0.05) is 6.54 Å². The van der Waals surface area contributed by atoms with Gasteiger partial charge in [0.25, 0.3) is 0 Å². The highest BCUT2D eigenvalue weighted by Crippen LogP contribution is 2.16. The maximum Gasteiger partial charge on any atom is 0.407 e. The van der Waals surface area contributed by atoms with Crippen LogP contribution in [-0.4, -0.2) is 31.0 Å². The number of amides is 1. The monoisotopic (exact) mass is 449 g/mol. The molecule has 0 saturated heterocycles. The summed E-state index contributed by atoms with van der Waals surface area (Å²) in [6, 6.07) is 6.78. The van der Waals surface area contributed by atoms with Gasteiger partial charge in [0.1, 0.15) is 11.5 Å². The Morgan fingerprint density at radius 2 is 1.22 bits per heavy atom. The van der Waals surface area contributed by atoms with E-state index in [2.05, 4.69) is 12.2 Å². The molecule has 0 atom stereocenters. The molecule has 0 aromatic heterocycles. The Balaban J connectivity index is 1.76. The van der Waals surface area contributed by atoms with Crippen LogP contribution in [0, 0.1) is 0 Å². The van der Waals surface area contributed by atoms with Crippen molar-refractivity contribution in [3.05, 3.63) is 24.3 Å². The number of benzene rings is 1. The van der Waals surface area contributed by atoms with Gasteiger partial charge in [-0.1, -0.05) is 90.4 Å². The van der Waals surface area contributed by atoms with Crippen molar-refractivity contribution >= 4 is 6.09 Å². The first-order valence-electron chi connectivity index (χ1n) is 13.0. The largest absolute Gasteiger partial charge is 0.508 e. The third kappa shape index (κ3) is 17.7. The van der Waals surface area contributed by atoms with Gasteiger partial charge >= 0.3 is 6.09 Å². The summed E-state index contributed by atoms with van der Waals surface area (Å²) >= 11 is 0. The molecule has 0 bridgehead atoms. The second-order valence-corrected chi connectivity index (χ2v) is 8.71. The van der Waals surface area contributed by atoms with Crippen LogP contribution in [0.3, 0.4) is 0 Å². The fourth-order valence-electron chi connectivity index (χ4n) is 3.66. The number of rotatable bonds is 21. The Morgan fingerprint density at radius 1 is 0.719 bits per heavy atom. The fourth-order valence-corrected chi connectivity index (χ4v) is 3.66. The number of carbonyl (C=O) groups excluding carboxylic acids is 1. The molecule has 0 aliphatic heterocycles. The molecule has 0 aliphatic rings. The van der Waals surface area contributed by atoms with Gasteiger partial charge in [-0.3, -0.25) is 0 Å². The molecule has 0 fully saturated rings. The van der Waals surface area contributed by atoms with Crippen LogP contribution in [0.4, 0.5) is 4.79 Å². The number of phenols is 1. The second-order valence-electron chi connectivity index (χ2n) is 8.71. The number of alkyl carbamates (subject to hydrolysis) is 1. The lowest BCUT2D eigenvalue weighted by atomic mass is 10.1. The average molecular weight is 450 g/mol. The Morgan fingerprint density at radius 3 is 1.81 bits per heavy atom. The van der Waals surface area contributed by atoms with Crippen molar-refractivity contribution in [2.45, 2.75) is 110 Å². The standard InChI is InChI=1S/C27H47NO4/c1-2-3-4-5-6-7-8-9-10-11-13-17-24-32-27(30)28-22-15-12-14-16-23-31-26-20-18-25(29)19-21-26/h18-21,29H,2-17,22-24H2,1H3,(H,28,30). The van der Waals surface area contributed by atoms with Crippen LogP contribution in [-0.2, 0) is 4.74 Å². The van der Waals surface area contributed by atoms with Gasteiger partial charge < -0.3 is 19.9 Å². The maximum atomic E-state index is 11.7. The van der Waals surface area contributed by atoms with Crippen molar-refractivity contribution in [3.63, 3.8) is 0 Å². The topological polar surface area (TPSA) is 67.8 Å². The quantitative estimate of drug-likeness (QED) is 0.188. The molecule has 184 valence electrons. The molecule has 0 aliphatic carbocycles. The molecule has 1 aromatic carbocycles. The summed E-state index contributed by atoms with van der Waals surface area (Å²) in [6.07, 6.45) is 19.5. The summed E-state index contributed by atoms with van der Waals surface area (Å²) < 4.78 is 10.9. The normalized spacial score (nSPS) is 10.8. The number of phenolic OH excluding ortho intramolecular Hbond substituents is 1. The van der Waals surface area contributed by atoms with Crippen LogP contribution in [0.15, 0.2) is 24.3 Å². The number of aromatic hydroxyl groups is 1. The van der Waals surface area contributed by atoms with Crippen LogP contribution in [0.2, 0.25) is 0 Å². The molecule has 1 rings (SSSR count). The predicted octanol–water partition coefficient (Wildman–Crippen LogP) is 7.76. The zero-order valence-electron chi connectivity index (χ0n) is 20.4. The highest BCUT2D eigenvalue weighted by atomic mass is 16.5. The van der Waals surface area contributed by atoms with Crippen molar-refractivity contribution in [2.75, 3.05) is 19.8 Å². The highest BCUT2D eigenvalue weighted by molar-refractivity contribution is 5.66. The molecule has 0 spiro atoms. The molecular formula is C27H47NO4. The highest BCUT2D eigenvalue weighted by Gasteiger charge is 2.01. The van der Waals surface area contributed by atoms with E-state index in [1.54, 1.807) is 24.3 Å². The van der Waals surface area contributed by atoms with E-state index in [-0.39, 0.29) is 11.8 Å². The van der Waals surface area contributed by atoms with E-state index in [9.17, 15) is 9.90 Å². The van der Waals surface area contributed by atoms with Gasteiger partial charge in [0.05, 0.1) is 13.2 Å². The molecule has 0 radical (unpaired) electrons. The van der Waals surface area contributed by atoms with Gasteiger partial charge in [-0.2, -0.15) is 0 Å². The Bertz CT molecular complexity index is 547. The Labute approximate surface area is 196 Å². The van der Waals surface area contributed by atoms with E-state index >= 15 is 0 Å². The zero-order valence-corrected chi connectivity index (χ0v) is 20.4. The molecule has 5 heteroatoms. The van der Waals surface area contributed by atoms with Crippen molar-refractivity contribution in [2.24, 2.45) is 0 Å². The first kappa shape index (κ1) is 28.1. The van der Waals surface area contributed by atoms with Gasteiger partial charge in [-0.15, -0.1) is 0 Å². The molecule has 0 heterocycles. The van der Waals surface area contributed by atoms with Gasteiger partial charge in [-0.05, 0) is 43.5 Å². The van der Waals surface area contributed by atoms with E-state index in [1.165, 1.54) is 64.2 Å². The maximum absolute atomic E-state index is 11.7. The van der Waals surface area contributed by atoms with Gasteiger partial charge in [0.2, 0.25) is 0 Å². The number of carbonyl (C=O) groups is 1. The molecule has 32 heavy (non-hydrogen) atoms. The summed E-state index contributed by atoms with van der Waals surface area (Å²) in [4.78, 5) is 11.7. The molecule has 1 amide bonds. The van der Waals surface area contributed by atoms with Crippen LogP contribution in [0.5, 0.6) is 11.5 Å². The zero-order chi connectivity index (χ0) is 23.1. The summed E-state index contributed by atoms with van der Waals surface area (Å²) in [6.45, 7) is 4.12. The lowest BCUT2D eigenvalue weighted by Crippen LogP contribution is -2.25. The summed E-state index contributed by atoms with van der Waals surface area (Å²) in [5.74, 6) is 1.03. The van der Waals surface area contributed by atoms with E-state index < -0.39 is 0 Å². The molecule has 5 nitrogen and oxygen atoms in total. The number of ether oxygens (including phenoxy) is 2. The van der Waals surface area contributed by atoms with E-state index in [4.69, 9.17) is 9.47 Å². The smallest absolute Gasteiger partial charge is 0.407 e. The lowest BCUT2D eigenvalue weighted by molar-refractivity contribution is 0.143. The lowest BCUT2D eigenvalue weighted by Gasteiger charge is -2.08. The molecule has 0 unspecified atom stereocenters. The fraction of sp³-hybridized carbons (Fsp3) is 0.741. The average Bonchev–Trinajstić information content (AvgIpc) is 2.80. The third-order valence-corrected chi connectivity index (χ3v) is 5.68. The first-order valence-corrected chi connectivity index (χ1v) is 13.0. The summed E-state index contributed by atoms with van der Waals surface area (Å²) in [5.41, 5.74) is 0. The number of hydrogen-bond donors (Lipinski definition) is 2. The number of unbranched alkanes of at least 4 members (excludes halogenated alkanes) is 14. The summed E-state index contributed by atoms with van der Waals surface area (Å²) in [5, 5.41) is 12.1. The van der Waals surface area contributed by atoms with Crippen LogP contribution in [0.25, 0.3) is 0 Å². The third-order valence-electron chi connectivity index (χ3n) is 5.68. The van der Waals surface area contributed by atoms with Crippen molar-refractivity contribution in [1.29, 1.82) is 0 Å². The van der Waals surface area contributed by atoms with Gasteiger partial charge in [-0.25, -0.2) is 4.79 Å². The van der Waals surface area contributed by atoms with Crippen LogP contribution >= 0.6 is 0 Å². The number of nitrogens with one attached hydrogen (secondary N) is 1. The van der Waals surface area contributed by atoms with Crippen molar-refractivity contribution in [3.8, 4) is 11.5 Å². The number of hydrogen-bond acceptors (Lipinski definition) is 4. The molecular weight excluding hydrogens is 402 g/mol. The molecule has 0 saturated carbocycles. The van der Waals surface area contributed by atoms with Crippen LogP contribution < -0.4 is 10.1 Å². The second kappa shape index (κ2) is 21.0. The molecule has 2 N–H and O–H groups in total. The minimum atomic E-state index is -0.288. The first-order chi connectivity index (χ1) is 15.7. The Kier molecular flexibility index (Phi) is 18.4. The van der Waals surface area contributed by atoms with Crippen LogP contribution in [0.1, 0.15) is 110 Å². The van der Waals surface area contributed by atoms with E-state index in [0.29, 0.717) is 19.8 Å². The van der Waals surface area contributed by atoms with E-state index in [1.807, 2.05) is 0 Å².